The quantitative estimate of drug-likeness (QED) is 0.863. The molecule has 2 fully saturated rings. The molecule has 3 nitrogen and oxygen atoms in total. The van der Waals surface area contributed by atoms with Crippen molar-refractivity contribution in [2.75, 3.05) is 19.6 Å². The Balaban J connectivity index is 1.83. The molecule has 4 heteroatoms. The van der Waals surface area contributed by atoms with E-state index in [0.29, 0.717) is 12.0 Å². The maximum absolute atomic E-state index is 12.6. The first-order valence-electron chi connectivity index (χ1n) is 6.53. The maximum Gasteiger partial charge on any atom is 0.254 e. The molecule has 2 aliphatic rings. The molecule has 2 saturated heterocycles. The Hall–Kier alpha value is -0.870. The summed E-state index contributed by atoms with van der Waals surface area (Å²) in [4.78, 5) is 14.6. The van der Waals surface area contributed by atoms with Gasteiger partial charge in [0.2, 0.25) is 0 Å². The lowest BCUT2D eigenvalue weighted by atomic mass is 9.91. The van der Waals surface area contributed by atoms with Gasteiger partial charge in [0.25, 0.3) is 5.91 Å². The van der Waals surface area contributed by atoms with E-state index in [1.807, 2.05) is 24.3 Å². The van der Waals surface area contributed by atoms with Gasteiger partial charge in [-0.25, -0.2) is 0 Å². The van der Waals surface area contributed by atoms with Gasteiger partial charge < -0.3 is 10.2 Å². The first-order valence-corrected chi connectivity index (χ1v) is 7.32. The number of carbonyl (C=O) groups excluding carboxylic acids is 1. The molecule has 2 atom stereocenters. The van der Waals surface area contributed by atoms with Gasteiger partial charge in [-0.2, -0.15) is 0 Å². The third kappa shape index (κ3) is 2.19. The normalized spacial score (nSPS) is 27.1. The molecule has 2 heterocycles. The number of benzene rings is 1. The fourth-order valence-corrected chi connectivity index (χ4v) is 3.51. The fraction of sp³-hybridized carbons (Fsp3) is 0.500. The molecule has 96 valence electrons. The van der Waals surface area contributed by atoms with Crippen molar-refractivity contribution in [2.45, 2.75) is 18.9 Å². The zero-order valence-corrected chi connectivity index (χ0v) is 11.8. The molecule has 3 rings (SSSR count). The van der Waals surface area contributed by atoms with Crippen LogP contribution < -0.4 is 5.32 Å². The number of rotatable bonds is 1. The van der Waals surface area contributed by atoms with Gasteiger partial charge in [-0.3, -0.25) is 4.79 Å². The van der Waals surface area contributed by atoms with Gasteiger partial charge in [0.05, 0.1) is 0 Å². The summed E-state index contributed by atoms with van der Waals surface area (Å²) in [6.07, 6.45) is 2.38. The van der Waals surface area contributed by atoms with Crippen molar-refractivity contribution < 1.29 is 4.79 Å². The molecule has 1 N–H and O–H groups in total. The van der Waals surface area contributed by atoms with Crippen molar-refractivity contribution in [3.05, 3.63) is 34.3 Å². The summed E-state index contributed by atoms with van der Waals surface area (Å²) >= 11 is 3.43. The van der Waals surface area contributed by atoms with E-state index in [1.54, 1.807) is 0 Å². The van der Waals surface area contributed by atoms with Crippen LogP contribution in [0.3, 0.4) is 0 Å². The number of likely N-dealkylation sites (tertiary alicyclic amines) is 1. The third-order valence-electron chi connectivity index (χ3n) is 4.01. The molecule has 0 radical (unpaired) electrons. The molecule has 0 spiro atoms. The minimum atomic E-state index is 0.176. The molecule has 0 aliphatic carbocycles. The molecule has 18 heavy (non-hydrogen) atoms. The zero-order chi connectivity index (χ0) is 12.5. The van der Waals surface area contributed by atoms with E-state index in [4.69, 9.17) is 0 Å². The average Bonchev–Trinajstić information content (AvgIpc) is 2.86. The Morgan fingerprint density at radius 2 is 2.28 bits per heavy atom. The smallest absolute Gasteiger partial charge is 0.254 e. The van der Waals surface area contributed by atoms with Crippen LogP contribution in [-0.2, 0) is 0 Å². The summed E-state index contributed by atoms with van der Waals surface area (Å²) in [5.41, 5.74) is 0.789. The van der Waals surface area contributed by atoms with Crippen molar-refractivity contribution in [1.82, 2.24) is 10.2 Å². The summed E-state index contributed by atoms with van der Waals surface area (Å²) in [5.74, 6) is 0.824. The number of fused-ring (bicyclic) bond motifs is 1. The second-order valence-corrected chi connectivity index (χ2v) is 6.05. The third-order valence-corrected chi connectivity index (χ3v) is 4.50. The molecule has 2 unspecified atom stereocenters. The first kappa shape index (κ1) is 12.2. The molecular weight excluding hydrogens is 292 g/mol. The van der Waals surface area contributed by atoms with Crippen LogP contribution in [0.4, 0.5) is 0 Å². The highest BCUT2D eigenvalue weighted by atomic mass is 79.9. The molecule has 0 aromatic heterocycles. The second kappa shape index (κ2) is 5.02. The minimum Gasteiger partial charge on any atom is -0.334 e. The van der Waals surface area contributed by atoms with Crippen LogP contribution in [0.25, 0.3) is 0 Å². The molecule has 1 amide bonds. The van der Waals surface area contributed by atoms with E-state index in [2.05, 4.69) is 26.1 Å². The lowest BCUT2D eigenvalue weighted by Gasteiger charge is -2.37. The van der Waals surface area contributed by atoms with E-state index < -0.39 is 0 Å². The van der Waals surface area contributed by atoms with Gasteiger partial charge >= 0.3 is 0 Å². The van der Waals surface area contributed by atoms with Gasteiger partial charge in [-0.1, -0.05) is 22.0 Å². The SMILES string of the molecule is O=C(c1cccc(Br)c1)N1CCCC2CNCC21. The van der Waals surface area contributed by atoms with Crippen LogP contribution in [0.2, 0.25) is 0 Å². The lowest BCUT2D eigenvalue weighted by molar-refractivity contribution is 0.0574. The summed E-state index contributed by atoms with van der Waals surface area (Å²) < 4.78 is 0.964. The van der Waals surface area contributed by atoms with Crippen molar-refractivity contribution in [3.63, 3.8) is 0 Å². The summed E-state index contributed by atoms with van der Waals surface area (Å²) in [6.45, 7) is 2.91. The zero-order valence-electron chi connectivity index (χ0n) is 10.2. The highest BCUT2D eigenvalue weighted by Gasteiger charge is 2.37. The highest BCUT2D eigenvalue weighted by molar-refractivity contribution is 9.10. The molecular formula is C14H17BrN2O. The summed E-state index contributed by atoms with van der Waals surface area (Å²) in [6, 6.07) is 8.08. The van der Waals surface area contributed by atoms with E-state index in [-0.39, 0.29) is 5.91 Å². The van der Waals surface area contributed by atoms with E-state index >= 15 is 0 Å². The average molecular weight is 309 g/mol. The maximum atomic E-state index is 12.6. The molecule has 1 aromatic rings. The predicted molar refractivity (Wildman–Crippen MR) is 74.6 cm³/mol. The van der Waals surface area contributed by atoms with Crippen LogP contribution in [0.15, 0.2) is 28.7 Å². The Kier molecular flexibility index (Phi) is 3.39. The number of carbonyl (C=O) groups is 1. The number of amides is 1. The lowest BCUT2D eigenvalue weighted by Crippen LogP contribution is -2.48. The van der Waals surface area contributed by atoms with Gasteiger partial charge in [0.15, 0.2) is 0 Å². The summed E-state index contributed by atoms with van der Waals surface area (Å²) in [5, 5.41) is 3.41. The van der Waals surface area contributed by atoms with Crippen molar-refractivity contribution >= 4 is 21.8 Å². The fourth-order valence-electron chi connectivity index (χ4n) is 3.11. The standard InChI is InChI=1S/C14H17BrN2O/c15-12-5-1-3-10(7-12)14(18)17-6-2-4-11-8-16-9-13(11)17/h1,3,5,7,11,13,16H,2,4,6,8-9H2. The van der Waals surface area contributed by atoms with Crippen LogP contribution in [0.1, 0.15) is 23.2 Å². The van der Waals surface area contributed by atoms with Gasteiger partial charge in [0.1, 0.15) is 0 Å². The minimum absolute atomic E-state index is 0.176. The number of hydrogen-bond acceptors (Lipinski definition) is 2. The number of nitrogens with zero attached hydrogens (tertiary/aromatic N) is 1. The Labute approximate surface area is 116 Å². The van der Waals surface area contributed by atoms with Crippen LogP contribution in [0.5, 0.6) is 0 Å². The molecule has 1 aromatic carbocycles. The topological polar surface area (TPSA) is 32.3 Å². The Morgan fingerprint density at radius 1 is 1.39 bits per heavy atom. The highest BCUT2D eigenvalue weighted by Crippen LogP contribution is 2.28. The monoisotopic (exact) mass is 308 g/mol. The van der Waals surface area contributed by atoms with Crippen molar-refractivity contribution in [3.8, 4) is 0 Å². The first-order chi connectivity index (χ1) is 8.75. The number of piperidine rings is 1. The van der Waals surface area contributed by atoms with Crippen LogP contribution >= 0.6 is 15.9 Å². The predicted octanol–water partition coefficient (Wildman–Crippen LogP) is 2.27. The number of halogens is 1. The van der Waals surface area contributed by atoms with Crippen molar-refractivity contribution in [1.29, 1.82) is 0 Å². The van der Waals surface area contributed by atoms with E-state index in [0.717, 1.165) is 36.1 Å². The molecule has 0 saturated carbocycles. The van der Waals surface area contributed by atoms with E-state index in [9.17, 15) is 4.79 Å². The molecule has 2 aliphatic heterocycles. The van der Waals surface area contributed by atoms with Crippen LogP contribution in [0, 0.1) is 5.92 Å². The van der Waals surface area contributed by atoms with Crippen LogP contribution in [-0.4, -0.2) is 36.5 Å². The molecule has 0 bridgehead atoms. The summed E-state index contributed by atoms with van der Waals surface area (Å²) in [7, 11) is 0. The second-order valence-electron chi connectivity index (χ2n) is 5.14. The van der Waals surface area contributed by atoms with Gasteiger partial charge in [-0.05, 0) is 37.0 Å². The Bertz CT molecular complexity index is 463. The van der Waals surface area contributed by atoms with E-state index in [1.165, 1.54) is 6.42 Å². The van der Waals surface area contributed by atoms with Gasteiger partial charge in [0, 0.05) is 35.7 Å². The number of hydrogen-bond donors (Lipinski definition) is 1. The van der Waals surface area contributed by atoms with Gasteiger partial charge in [-0.15, -0.1) is 0 Å². The Morgan fingerprint density at radius 3 is 3.11 bits per heavy atom. The largest absolute Gasteiger partial charge is 0.334 e. The van der Waals surface area contributed by atoms with Crippen molar-refractivity contribution in [2.24, 2.45) is 5.92 Å². The number of nitrogens with one attached hydrogen (secondary N) is 1.